The third-order valence-corrected chi connectivity index (χ3v) is 3.08. The Morgan fingerprint density at radius 3 is 3.29 bits per heavy atom. The van der Waals surface area contributed by atoms with E-state index in [9.17, 15) is 4.79 Å². The van der Waals surface area contributed by atoms with Crippen LogP contribution in [0, 0.1) is 5.92 Å². The number of carbonyl (C=O) groups excluding carboxylic acids is 1. The van der Waals surface area contributed by atoms with Crippen LogP contribution in [0.15, 0.2) is 5.16 Å². The lowest BCUT2D eigenvalue weighted by Crippen LogP contribution is -2.43. The predicted molar refractivity (Wildman–Crippen MR) is 50.9 cm³/mol. The van der Waals surface area contributed by atoms with Crippen molar-refractivity contribution in [2.24, 2.45) is 11.1 Å². The summed E-state index contributed by atoms with van der Waals surface area (Å²) in [5, 5.41) is 3.91. The van der Waals surface area contributed by atoms with Gasteiger partial charge in [0, 0.05) is 6.42 Å². The van der Waals surface area contributed by atoms with E-state index in [1.54, 1.807) is 6.92 Å². The molecule has 14 heavy (non-hydrogen) atoms. The fourth-order valence-corrected chi connectivity index (χ4v) is 2.38. The van der Waals surface area contributed by atoms with Crippen molar-refractivity contribution >= 4 is 11.7 Å². The van der Waals surface area contributed by atoms with Gasteiger partial charge in [0.25, 0.3) is 0 Å². The van der Waals surface area contributed by atoms with Gasteiger partial charge in [-0.3, -0.25) is 0 Å². The van der Waals surface area contributed by atoms with Gasteiger partial charge in [0.2, 0.25) is 5.60 Å². The van der Waals surface area contributed by atoms with Crippen LogP contribution in [-0.2, 0) is 14.4 Å². The molecule has 0 bridgehead atoms. The molecule has 0 spiro atoms. The van der Waals surface area contributed by atoms with Gasteiger partial charge < -0.3 is 9.57 Å². The van der Waals surface area contributed by atoms with E-state index in [1.165, 1.54) is 0 Å². The highest BCUT2D eigenvalue weighted by molar-refractivity contribution is 5.95. The molecule has 2 rings (SSSR count). The summed E-state index contributed by atoms with van der Waals surface area (Å²) in [7, 11) is 0. The van der Waals surface area contributed by atoms with Gasteiger partial charge in [-0.2, -0.15) is 0 Å². The standard InChI is InChI=1S/C10H15NO3/c1-3-13-9(12)10-6-4-5-8(10)7(2)11-14-10/h8H,3-6H2,1-2H3. The van der Waals surface area contributed by atoms with Gasteiger partial charge in [-0.15, -0.1) is 0 Å². The van der Waals surface area contributed by atoms with E-state index in [2.05, 4.69) is 5.16 Å². The maximum absolute atomic E-state index is 11.8. The largest absolute Gasteiger partial charge is 0.463 e. The van der Waals surface area contributed by atoms with Crippen LogP contribution in [0.25, 0.3) is 0 Å². The van der Waals surface area contributed by atoms with Crippen LogP contribution in [0.5, 0.6) is 0 Å². The number of hydrogen-bond acceptors (Lipinski definition) is 4. The topological polar surface area (TPSA) is 47.9 Å². The minimum Gasteiger partial charge on any atom is -0.463 e. The summed E-state index contributed by atoms with van der Waals surface area (Å²) in [6.45, 7) is 4.12. The van der Waals surface area contributed by atoms with Crippen LogP contribution in [0.4, 0.5) is 0 Å². The fraction of sp³-hybridized carbons (Fsp3) is 0.800. The maximum Gasteiger partial charge on any atom is 0.354 e. The van der Waals surface area contributed by atoms with E-state index in [4.69, 9.17) is 9.57 Å². The minimum atomic E-state index is -0.778. The highest BCUT2D eigenvalue weighted by Crippen LogP contribution is 2.44. The van der Waals surface area contributed by atoms with Gasteiger partial charge >= 0.3 is 5.97 Å². The first-order valence-corrected chi connectivity index (χ1v) is 5.10. The summed E-state index contributed by atoms with van der Waals surface area (Å²) in [5.41, 5.74) is 0.149. The van der Waals surface area contributed by atoms with E-state index >= 15 is 0 Å². The Kier molecular flexibility index (Phi) is 2.21. The third-order valence-electron chi connectivity index (χ3n) is 3.08. The lowest BCUT2D eigenvalue weighted by Gasteiger charge is -2.23. The molecule has 1 fully saturated rings. The van der Waals surface area contributed by atoms with Gasteiger partial charge in [0.15, 0.2) is 0 Å². The minimum absolute atomic E-state index is 0.140. The lowest BCUT2D eigenvalue weighted by molar-refractivity contribution is -0.171. The van der Waals surface area contributed by atoms with Crippen molar-refractivity contribution in [1.82, 2.24) is 0 Å². The highest BCUT2D eigenvalue weighted by atomic mass is 16.7. The Labute approximate surface area is 83.3 Å². The number of hydrogen-bond donors (Lipinski definition) is 0. The average molecular weight is 197 g/mol. The number of esters is 1. The second-order valence-electron chi connectivity index (χ2n) is 3.88. The van der Waals surface area contributed by atoms with Crippen molar-refractivity contribution < 1.29 is 14.4 Å². The first kappa shape index (κ1) is 9.49. The molecule has 0 aromatic heterocycles. The molecule has 1 aliphatic carbocycles. The second-order valence-corrected chi connectivity index (χ2v) is 3.88. The Bertz CT molecular complexity index is 287. The molecule has 0 aromatic carbocycles. The van der Waals surface area contributed by atoms with Crippen LogP contribution < -0.4 is 0 Å². The van der Waals surface area contributed by atoms with E-state index in [-0.39, 0.29) is 11.9 Å². The molecule has 1 saturated carbocycles. The molecule has 0 radical (unpaired) electrons. The number of carbonyl (C=O) groups is 1. The molecule has 4 nitrogen and oxygen atoms in total. The first-order chi connectivity index (χ1) is 6.70. The van der Waals surface area contributed by atoms with Gasteiger partial charge in [-0.1, -0.05) is 5.16 Å². The van der Waals surface area contributed by atoms with Crippen molar-refractivity contribution in [3.8, 4) is 0 Å². The Morgan fingerprint density at radius 2 is 2.57 bits per heavy atom. The molecule has 1 aliphatic heterocycles. The first-order valence-electron chi connectivity index (χ1n) is 5.10. The van der Waals surface area contributed by atoms with E-state index in [0.29, 0.717) is 6.61 Å². The van der Waals surface area contributed by atoms with Crippen molar-refractivity contribution in [2.75, 3.05) is 6.61 Å². The summed E-state index contributed by atoms with van der Waals surface area (Å²) in [6.07, 6.45) is 2.72. The van der Waals surface area contributed by atoms with Gasteiger partial charge in [-0.05, 0) is 26.7 Å². The lowest BCUT2D eigenvalue weighted by atomic mass is 9.88. The maximum atomic E-state index is 11.8. The zero-order valence-corrected chi connectivity index (χ0v) is 8.58. The zero-order chi connectivity index (χ0) is 10.2. The van der Waals surface area contributed by atoms with Gasteiger partial charge in [0.1, 0.15) is 0 Å². The Hall–Kier alpha value is -1.06. The quantitative estimate of drug-likeness (QED) is 0.630. The van der Waals surface area contributed by atoms with Crippen molar-refractivity contribution in [3.63, 3.8) is 0 Å². The summed E-state index contributed by atoms with van der Waals surface area (Å²) in [6, 6.07) is 0. The molecular formula is C10H15NO3. The predicted octanol–water partition coefficient (Wildman–Crippen LogP) is 1.49. The van der Waals surface area contributed by atoms with Crippen LogP contribution >= 0.6 is 0 Å². The molecule has 0 aromatic rings. The molecule has 0 N–H and O–H groups in total. The Balaban J connectivity index is 2.20. The van der Waals surface area contributed by atoms with Crippen molar-refractivity contribution in [3.05, 3.63) is 0 Å². The van der Waals surface area contributed by atoms with Crippen molar-refractivity contribution in [1.29, 1.82) is 0 Å². The summed E-state index contributed by atoms with van der Waals surface area (Å²) >= 11 is 0. The average Bonchev–Trinajstić information content (AvgIpc) is 2.69. The van der Waals surface area contributed by atoms with E-state index < -0.39 is 5.60 Å². The number of oxime groups is 1. The van der Waals surface area contributed by atoms with Crippen molar-refractivity contribution in [2.45, 2.75) is 38.7 Å². The van der Waals surface area contributed by atoms with Gasteiger partial charge in [0.05, 0.1) is 18.2 Å². The van der Waals surface area contributed by atoms with Crippen LogP contribution in [0.2, 0.25) is 0 Å². The number of rotatable bonds is 2. The normalized spacial score (nSPS) is 34.7. The molecule has 1 heterocycles. The zero-order valence-electron chi connectivity index (χ0n) is 8.58. The third kappa shape index (κ3) is 1.13. The molecule has 2 unspecified atom stereocenters. The molecule has 2 atom stereocenters. The second kappa shape index (κ2) is 3.26. The van der Waals surface area contributed by atoms with Crippen LogP contribution in [-0.4, -0.2) is 23.9 Å². The molecule has 2 aliphatic rings. The van der Waals surface area contributed by atoms with Crippen LogP contribution in [0.1, 0.15) is 33.1 Å². The fourth-order valence-electron chi connectivity index (χ4n) is 2.38. The SMILES string of the molecule is CCOC(=O)C12CCCC1C(C)=NO2. The summed E-state index contributed by atoms with van der Waals surface area (Å²) < 4.78 is 5.04. The number of fused-ring (bicyclic) bond motifs is 1. The summed E-state index contributed by atoms with van der Waals surface area (Å²) in [5.74, 6) is -0.107. The van der Waals surface area contributed by atoms with Crippen LogP contribution in [0.3, 0.4) is 0 Å². The molecular weight excluding hydrogens is 182 g/mol. The molecule has 4 heteroatoms. The number of nitrogens with zero attached hydrogens (tertiary/aromatic N) is 1. The van der Waals surface area contributed by atoms with Gasteiger partial charge in [-0.25, -0.2) is 4.79 Å². The molecule has 78 valence electrons. The monoisotopic (exact) mass is 197 g/mol. The smallest absolute Gasteiger partial charge is 0.354 e. The molecule has 0 saturated heterocycles. The summed E-state index contributed by atoms with van der Waals surface area (Å²) in [4.78, 5) is 17.1. The number of ether oxygens (including phenoxy) is 1. The highest BCUT2D eigenvalue weighted by Gasteiger charge is 2.57. The Morgan fingerprint density at radius 1 is 1.79 bits per heavy atom. The molecule has 0 amide bonds. The van der Waals surface area contributed by atoms with E-state index in [0.717, 1.165) is 25.0 Å². The van der Waals surface area contributed by atoms with E-state index in [1.807, 2.05) is 6.92 Å².